The third kappa shape index (κ3) is 1.04. The van der Waals surface area contributed by atoms with Crippen LogP contribution in [0.1, 0.15) is 6.92 Å². The van der Waals surface area contributed by atoms with E-state index in [4.69, 9.17) is 0 Å². The van der Waals surface area contributed by atoms with Crippen LogP contribution in [0.2, 0.25) is 0 Å². The van der Waals surface area contributed by atoms with Crippen LogP contribution in [0.25, 0.3) is 0 Å². The van der Waals surface area contributed by atoms with Crippen LogP contribution in [-0.4, -0.2) is 22.7 Å². The Morgan fingerprint density at radius 2 is 2.75 bits per heavy atom. The zero-order valence-electron chi connectivity index (χ0n) is 4.59. The normalized spacial score (nSPS) is 17.4. The summed E-state index contributed by atoms with van der Waals surface area (Å²) < 4.78 is 0. The maximum Gasteiger partial charge on any atom is 0.183 e. The number of rotatable bonds is 1. The molecule has 2 nitrogen and oxygen atoms in total. The molecular formula is C5H7NOS. The molecule has 44 valence electrons. The summed E-state index contributed by atoms with van der Waals surface area (Å²) in [5.74, 6) is 0.0976. The van der Waals surface area contributed by atoms with Gasteiger partial charge >= 0.3 is 0 Å². The molecule has 1 aliphatic heterocycles. The van der Waals surface area contributed by atoms with Crippen molar-refractivity contribution < 1.29 is 4.79 Å². The maximum atomic E-state index is 10.5. The molecule has 0 aromatic carbocycles. The van der Waals surface area contributed by atoms with Gasteiger partial charge in [0, 0.05) is 6.92 Å². The summed E-state index contributed by atoms with van der Waals surface area (Å²) in [6, 6.07) is 0. The van der Waals surface area contributed by atoms with Crippen LogP contribution in [0.4, 0.5) is 0 Å². The molecule has 1 heterocycles. The van der Waals surface area contributed by atoms with Crippen LogP contribution < -0.4 is 0 Å². The molecule has 1 rings (SSSR count). The fourth-order valence-electron chi connectivity index (χ4n) is 0.498. The Bertz CT molecular complexity index is 171. The maximum absolute atomic E-state index is 10.5. The number of carbonyl (C=O) groups excluding carboxylic acids is 1. The van der Waals surface area contributed by atoms with Crippen LogP contribution in [0, 0.1) is 0 Å². The second kappa shape index (κ2) is 2.22. The van der Waals surface area contributed by atoms with E-state index >= 15 is 0 Å². The van der Waals surface area contributed by atoms with E-state index in [1.807, 2.05) is 5.37 Å². The standard InChI is InChI=1S/C5H7NOS/c1-4(7)5-6-2-3-8-5/h3,8H,2H2,1H3. The summed E-state index contributed by atoms with van der Waals surface area (Å²) in [4.78, 5) is 14.4. The molecule has 3 heteroatoms. The first kappa shape index (κ1) is 5.69. The van der Waals surface area contributed by atoms with Crippen LogP contribution in [0.3, 0.4) is 0 Å². The first-order valence-corrected chi connectivity index (χ1v) is 3.35. The average Bonchev–Trinajstić information content (AvgIpc) is 2.12. The van der Waals surface area contributed by atoms with Crippen molar-refractivity contribution in [1.82, 2.24) is 0 Å². The van der Waals surface area contributed by atoms with E-state index in [1.54, 1.807) is 6.92 Å². The molecule has 0 saturated heterocycles. The monoisotopic (exact) mass is 129 g/mol. The van der Waals surface area contributed by atoms with Gasteiger partial charge in [0.2, 0.25) is 0 Å². The lowest BCUT2D eigenvalue weighted by Crippen LogP contribution is -1.99. The number of Topliss-reactive ketones (excluding diaryl/α,β-unsaturated/α-hetero) is 1. The molecule has 0 aromatic rings. The molecule has 0 atom stereocenters. The van der Waals surface area contributed by atoms with Crippen LogP contribution in [-0.2, 0) is 4.79 Å². The predicted octanol–water partition coefficient (Wildman–Crippen LogP) is 0.255. The fraction of sp³-hybridized carbons (Fsp3) is 0.400. The smallest absolute Gasteiger partial charge is 0.183 e. The Labute approximate surface area is 51.6 Å². The van der Waals surface area contributed by atoms with Gasteiger partial charge in [0.05, 0.1) is 6.54 Å². The summed E-state index contributed by atoms with van der Waals surface area (Å²) in [6.45, 7) is 2.27. The molecule has 0 saturated carbocycles. The van der Waals surface area contributed by atoms with Gasteiger partial charge in [-0.25, -0.2) is 0 Å². The van der Waals surface area contributed by atoms with Gasteiger partial charge in [0.25, 0.3) is 0 Å². The molecule has 0 fully saturated rings. The zero-order valence-corrected chi connectivity index (χ0v) is 5.48. The minimum atomic E-state index is 0.0976. The number of hydrogen-bond acceptors (Lipinski definition) is 2. The molecule has 0 aliphatic carbocycles. The minimum Gasteiger partial charge on any atom is -0.292 e. The Morgan fingerprint density at radius 1 is 2.00 bits per heavy atom. The van der Waals surface area contributed by atoms with Gasteiger partial charge in [-0.05, 0) is 5.37 Å². The van der Waals surface area contributed by atoms with E-state index in [0.29, 0.717) is 5.04 Å². The van der Waals surface area contributed by atoms with E-state index in [1.165, 1.54) is 0 Å². The first-order chi connectivity index (χ1) is 3.80. The van der Waals surface area contributed by atoms with E-state index in [9.17, 15) is 4.79 Å². The van der Waals surface area contributed by atoms with Gasteiger partial charge in [-0.1, -0.05) is 0 Å². The lowest BCUT2D eigenvalue weighted by atomic mass is 10.5. The van der Waals surface area contributed by atoms with Gasteiger partial charge < -0.3 is 0 Å². The third-order valence-electron chi connectivity index (χ3n) is 0.851. The number of ketones is 1. The molecule has 0 spiro atoms. The summed E-state index contributed by atoms with van der Waals surface area (Å²) >= 11 is 0.991. The van der Waals surface area contributed by atoms with Crippen molar-refractivity contribution in [2.45, 2.75) is 6.92 Å². The Morgan fingerprint density at radius 3 is 3.00 bits per heavy atom. The Kier molecular flexibility index (Phi) is 1.58. The van der Waals surface area contributed by atoms with Crippen LogP contribution >= 0.6 is 11.4 Å². The molecule has 0 bridgehead atoms. The average molecular weight is 129 g/mol. The van der Waals surface area contributed by atoms with Crippen molar-refractivity contribution in [3.63, 3.8) is 0 Å². The highest BCUT2D eigenvalue weighted by atomic mass is 32.1. The zero-order chi connectivity index (χ0) is 5.98. The van der Waals surface area contributed by atoms with Gasteiger partial charge in [-0.15, -0.1) is 0 Å². The van der Waals surface area contributed by atoms with E-state index in [2.05, 4.69) is 4.99 Å². The number of aliphatic imine (C=N–C) groups is 1. The molecular weight excluding hydrogens is 122 g/mol. The first-order valence-electron chi connectivity index (χ1n) is 2.38. The lowest BCUT2D eigenvalue weighted by Gasteiger charge is -1.83. The topological polar surface area (TPSA) is 29.4 Å². The second-order valence-electron chi connectivity index (χ2n) is 1.53. The lowest BCUT2D eigenvalue weighted by molar-refractivity contribution is -0.110. The Hall–Kier alpha value is -0.440. The molecule has 0 radical (unpaired) electrons. The van der Waals surface area contributed by atoms with Crippen molar-refractivity contribution in [2.24, 2.45) is 4.99 Å². The molecule has 0 unspecified atom stereocenters. The molecule has 0 aromatic heterocycles. The molecule has 1 aliphatic rings. The van der Waals surface area contributed by atoms with Gasteiger partial charge in [0.1, 0.15) is 5.04 Å². The van der Waals surface area contributed by atoms with Gasteiger partial charge in [-0.2, -0.15) is 11.4 Å². The van der Waals surface area contributed by atoms with Gasteiger partial charge in [-0.3, -0.25) is 9.79 Å². The van der Waals surface area contributed by atoms with Crippen LogP contribution in [0.15, 0.2) is 4.99 Å². The second-order valence-corrected chi connectivity index (χ2v) is 2.58. The summed E-state index contributed by atoms with van der Waals surface area (Å²) in [6.07, 6.45) is 0. The van der Waals surface area contributed by atoms with E-state index < -0.39 is 0 Å². The summed E-state index contributed by atoms with van der Waals surface area (Å²) in [7, 11) is 0. The molecule has 0 amide bonds. The predicted molar refractivity (Wildman–Crippen MR) is 38.0 cm³/mol. The van der Waals surface area contributed by atoms with Crippen molar-refractivity contribution in [1.29, 1.82) is 0 Å². The molecule has 0 N–H and O–H groups in total. The number of carbonyl (C=O) groups is 1. The highest BCUT2D eigenvalue weighted by molar-refractivity contribution is 8.14. The highest BCUT2D eigenvalue weighted by Crippen LogP contribution is 1.99. The SMILES string of the molecule is CC(=O)C1=NCC=[SH]1. The summed E-state index contributed by atoms with van der Waals surface area (Å²) in [5, 5.41) is 2.67. The molecule has 8 heavy (non-hydrogen) atoms. The van der Waals surface area contributed by atoms with Crippen molar-refractivity contribution in [3.05, 3.63) is 0 Å². The Balaban J connectivity index is 2.72. The summed E-state index contributed by atoms with van der Waals surface area (Å²) in [5.41, 5.74) is 0. The van der Waals surface area contributed by atoms with Crippen molar-refractivity contribution in [2.75, 3.05) is 6.54 Å². The largest absolute Gasteiger partial charge is 0.292 e. The number of hydrogen-bond donors (Lipinski definition) is 1. The van der Waals surface area contributed by atoms with Crippen LogP contribution in [0.5, 0.6) is 0 Å². The minimum absolute atomic E-state index is 0.0976. The highest BCUT2D eigenvalue weighted by Gasteiger charge is 2.02. The third-order valence-corrected chi connectivity index (χ3v) is 1.90. The number of thiol groups is 1. The van der Waals surface area contributed by atoms with E-state index in [-0.39, 0.29) is 5.78 Å². The van der Waals surface area contributed by atoms with Gasteiger partial charge in [0.15, 0.2) is 5.78 Å². The fourth-order valence-corrected chi connectivity index (χ4v) is 1.18. The quantitative estimate of drug-likeness (QED) is 0.399. The van der Waals surface area contributed by atoms with E-state index in [0.717, 1.165) is 17.9 Å². The number of nitrogens with zero attached hydrogens (tertiary/aromatic N) is 1. The van der Waals surface area contributed by atoms with Crippen molar-refractivity contribution >= 4 is 27.5 Å². The van der Waals surface area contributed by atoms with Crippen molar-refractivity contribution in [3.8, 4) is 0 Å².